The van der Waals surface area contributed by atoms with Crippen molar-refractivity contribution >= 4 is 0 Å². The van der Waals surface area contributed by atoms with Gasteiger partial charge in [-0.2, -0.15) is 5.10 Å². The van der Waals surface area contributed by atoms with Crippen molar-refractivity contribution in [1.29, 1.82) is 0 Å². The van der Waals surface area contributed by atoms with Crippen LogP contribution < -0.4 is 0 Å². The Morgan fingerprint density at radius 2 is 2.05 bits per heavy atom. The molecule has 1 heterocycles. The summed E-state index contributed by atoms with van der Waals surface area (Å²) in [5.74, 6) is 0. The zero-order valence-electron chi connectivity index (χ0n) is 12.1. The summed E-state index contributed by atoms with van der Waals surface area (Å²) in [6.07, 6.45) is 10.8. The van der Waals surface area contributed by atoms with Gasteiger partial charge in [-0.3, -0.25) is 4.68 Å². The van der Waals surface area contributed by atoms with E-state index in [1.54, 1.807) is 7.11 Å². The predicted octanol–water partition coefficient (Wildman–Crippen LogP) is 2.55. The SMILES string of the molecule is CCn1cc(CC(O)C2(OC)CCCCCC2)cn1. The second-order valence-corrected chi connectivity index (χ2v) is 5.61. The summed E-state index contributed by atoms with van der Waals surface area (Å²) < 4.78 is 7.65. The van der Waals surface area contributed by atoms with E-state index in [1.807, 2.05) is 17.1 Å². The van der Waals surface area contributed by atoms with Crippen LogP contribution in [-0.2, 0) is 17.7 Å². The monoisotopic (exact) mass is 266 g/mol. The molecule has 19 heavy (non-hydrogen) atoms. The Balaban J connectivity index is 2.04. The van der Waals surface area contributed by atoms with Crippen LogP contribution >= 0.6 is 0 Å². The summed E-state index contributed by atoms with van der Waals surface area (Å²) >= 11 is 0. The first-order valence-corrected chi connectivity index (χ1v) is 7.45. The highest BCUT2D eigenvalue weighted by Crippen LogP contribution is 2.34. The van der Waals surface area contributed by atoms with Crippen LogP contribution in [0.2, 0.25) is 0 Å². The molecule has 0 radical (unpaired) electrons. The third-order valence-electron chi connectivity index (χ3n) is 4.40. The number of aromatic nitrogens is 2. The summed E-state index contributed by atoms with van der Waals surface area (Å²) in [7, 11) is 1.74. The van der Waals surface area contributed by atoms with Crippen LogP contribution in [-0.4, -0.2) is 33.7 Å². The first-order chi connectivity index (χ1) is 9.20. The number of ether oxygens (including phenoxy) is 1. The predicted molar refractivity (Wildman–Crippen MR) is 75.1 cm³/mol. The van der Waals surface area contributed by atoms with Gasteiger partial charge < -0.3 is 9.84 Å². The van der Waals surface area contributed by atoms with Crippen LogP contribution in [0.15, 0.2) is 12.4 Å². The minimum atomic E-state index is -0.440. The normalized spacial score (nSPS) is 21.0. The molecule has 1 aliphatic carbocycles. The molecule has 0 spiro atoms. The van der Waals surface area contributed by atoms with Crippen LogP contribution in [0, 0.1) is 0 Å². The number of aryl methyl sites for hydroxylation is 1. The van der Waals surface area contributed by atoms with E-state index < -0.39 is 6.10 Å². The molecular formula is C15H26N2O2. The highest BCUT2D eigenvalue weighted by atomic mass is 16.5. The number of nitrogens with zero attached hydrogens (tertiary/aromatic N) is 2. The average Bonchev–Trinajstić information content (AvgIpc) is 2.74. The fourth-order valence-corrected chi connectivity index (χ4v) is 3.09. The number of methoxy groups -OCH3 is 1. The molecule has 1 atom stereocenters. The average molecular weight is 266 g/mol. The Morgan fingerprint density at radius 3 is 2.58 bits per heavy atom. The Labute approximate surface area is 115 Å². The molecule has 1 unspecified atom stereocenters. The minimum absolute atomic E-state index is 0.356. The molecule has 4 nitrogen and oxygen atoms in total. The van der Waals surface area contributed by atoms with Gasteiger partial charge >= 0.3 is 0 Å². The lowest BCUT2D eigenvalue weighted by atomic mass is 9.85. The smallest absolute Gasteiger partial charge is 0.0939 e. The largest absolute Gasteiger partial charge is 0.390 e. The summed E-state index contributed by atoms with van der Waals surface area (Å²) in [6.45, 7) is 2.93. The molecule has 2 rings (SSSR count). The quantitative estimate of drug-likeness (QED) is 0.833. The van der Waals surface area contributed by atoms with E-state index in [1.165, 1.54) is 12.8 Å². The standard InChI is InChI=1S/C15H26N2O2/c1-3-17-12-13(11-16-17)10-14(18)15(19-2)8-6-4-5-7-9-15/h11-12,14,18H,3-10H2,1-2H3. The number of aliphatic hydroxyl groups is 1. The van der Waals surface area contributed by atoms with Crippen molar-refractivity contribution in [2.24, 2.45) is 0 Å². The fraction of sp³-hybridized carbons (Fsp3) is 0.800. The van der Waals surface area contributed by atoms with Crippen molar-refractivity contribution in [2.45, 2.75) is 70.1 Å². The van der Waals surface area contributed by atoms with E-state index in [0.29, 0.717) is 6.42 Å². The van der Waals surface area contributed by atoms with Gasteiger partial charge in [-0.25, -0.2) is 0 Å². The number of aliphatic hydroxyl groups excluding tert-OH is 1. The lowest BCUT2D eigenvalue weighted by Crippen LogP contribution is -2.45. The molecule has 108 valence electrons. The molecule has 0 aromatic carbocycles. The van der Waals surface area contributed by atoms with Gasteiger partial charge in [0.2, 0.25) is 0 Å². The maximum Gasteiger partial charge on any atom is 0.0939 e. The number of hydrogen-bond acceptors (Lipinski definition) is 3. The van der Waals surface area contributed by atoms with Gasteiger partial charge in [-0.15, -0.1) is 0 Å². The Bertz CT molecular complexity index is 381. The highest BCUT2D eigenvalue weighted by molar-refractivity contribution is 5.08. The van der Waals surface area contributed by atoms with Gasteiger partial charge in [0.15, 0.2) is 0 Å². The summed E-state index contributed by atoms with van der Waals surface area (Å²) in [6, 6.07) is 0. The molecule has 1 fully saturated rings. The summed E-state index contributed by atoms with van der Waals surface area (Å²) in [5, 5.41) is 14.9. The first-order valence-electron chi connectivity index (χ1n) is 7.45. The molecule has 1 saturated carbocycles. The Kier molecular flexibility index (Phi) is 4.99. The molecule has 4 heteroatoms. The molecule has 1 aliphatic rings. The second-order valence-electron chi connectivity index (χ2n) is 5.61. The number of hydrogen-bond donors (Lipinski definition) is 1. The van der Waals surface area contributed by atoms with Gasteiger partial charge in [0.25, 0.3) is 0 Å². The topological polar surface area (TPSA) is 47.3 Å². The maximum atomic E-state index is 10.6. The van der Waals surface area contributed by atoms with E-state index in [-0.39, 0.29) is 5.60 Å². The van der Waals surface area contributed by atoms with Gasteiger partial charge in [0.05, 0.1) is 17.9 Å². The van der Waals surface area contributed by atoms with Crippen molar-refractivity contribution in [3.05, 3.63) is 18.0 Å². The maximum absolute atomic E-state index is 10.6. The van der Waals surface area contributed by atoms with Gasteiger partial charge in [-0.05, 0) is 25.3 Å². The van der Waals surface area contributed by atoms with Crippen LogP contribution in [0.5, 0.6) is 0 Å². The zero-order chi connectivity index (χ0) is 13.7. The molecule has 0 bridgehead atoms. The van der Waals surface area contributed by atoms with Gasteiger partial charge in [-0.1, -0.05) is 25.7 Å². The van der Waals surface area contributed by atoms with Crippen molar-refractivity contribution < 1.29 is 9.84 Å². The lowest BCUT2D eigenvalue weighted by molar-refractivity contribution is -0.111. The van der Waals surface area contributed by atoms with E-state index in [9.17, 15) is 5.11 Å². The van der Waals surface area contributed by atoms with Crippen molar-refractivity contribution in [1.82, 2.24) is 9.78 Å². The lowest BCUT2D eigenvalue weighted by Gasteiger charge is -2.36. The third-order valence-corrected chi connectivity index (χ3v) is 4.40. The molecule has 0 aliphatic heterocycles. The molecule has 1 aromatic heterocycles. The van der Waals surface area contributed by atoms with Gasteiger partial charge in [0, 0.05) is 26.3 Å². The summed E-state index contributed by atoms with van der Waals surface area (Å²) in [5.41, 5.74) is 0.736. The second kappa shape index (κ2) is 6.53. The molecule has 0 saturated heterocycles. The first kappa shape index (κ1) is 14.5. The van der Waals surface area contributed by atoms with E-state index in [0.717, 1.165) is 37.8 Å². The Morgan fingerprint density at radius 1 is 1.37 bits per heavy atom. The van der Waals surface area contributed by atoms with Crippen molar-refractivity contribution in [2.75, 3.05) is 7.11 Å². The summed E-state index contributed by atoms with van der Waals surface area (Å²) in [4.78, 5) is 0. The van der Waals surface area contributed by atoms with E-state index >= 15 is 0 Å². The van der Waals surface area contributed by atoms with Crippen molar-refractivity contribution in [3.8, 4) is 0 Å². The Hall–Kier alpha value is -0.870. The fourth-order valence-electron chi connectivity index (χ4n) is 3.09. The zero-order valence-corrected chi connectivity index (χ0v) is 12.1. The molecule has 1 N–H and O–H groups in total. The minimum Gasteiger partial charge on any atom is -0.390 e. The van der Waals surface area contributed by atoms with Gasteiger partial charge in [0.1, 0.15) is 0 Å². The van der Waals surface area contributed by atoms with E-state index in [4.69, 9.17) is 4.74 Å². The third kappa shape index (κ3) is 3.37. The van der Waals surface area contributed by atoms with Crippen LogP contribution in [0.1, 0.15) is 51.0 Å². The molecular weight excluding hydrogens is 240 g/mol. The van der Waals surface area contributed by atoms with E-state index in [2.05, 4.69) is 12.0 Å². The van der Waals surface area contributed by atoms with Crippen LogP contribution in [0.25, 0.3) is 0 Å². The van der Waals surface area contributed by atoms with Crippen LogP contribution in [0.3, 0.4) is 0 Å². The highest BCUT2D eigenvalue weighted by Gasteiger charge is 2.38. The van der Waals surface area contributed by atoms with Crippen molar-refractivity contribution in [3.63, 3.8) is 0 Å². The number of rotatable bonds is 5. The van der Waals surface area contributed by atoms with Crippen LogP contribution in [0.4, 0.5) is 0 Å². The molecule has 1 aromatic rings. The molecule has 0 amide bonds.